The van der Waals surface area contributed by atoms with Crippen molar-refractivity contribution in [1.82, 2.24) is 4.98 Å². The summed E-state index contributed by atoms with van der Waals surface area (Å²) in [5, 5.41) is 2.84. The number of carbonyl (C=O) groups is 1. The van der Waals surface area contributed by atoms with E-state index in [-0.39, 0.29) is 5.91 Å². The van der Waals surface area contributed by atoms with Gasteiger partial charge in [-0.1, -0.05) is 0 Å². The average molecular weight is 299 g/mol. The molecule has 5 nitrogen and oxygen atoms in total. The Kier molecular flexibility index (Phi) is 3.45. The molecule has 0 aliphatic carbocycles. The topological polar surface area (TPSA) is 77.2 Å². The van der Waals surface area contributed by atoms with E-state index in [1.165, 1.54) is 11.3 Å². The molecule has 1 aromatic heterocycles. The summed E-state index contributed by atoms with van der Waals surface area (Å²) in [5.41, 5.74) is 10.1. The van der Waals surface area contributed by atoms with Gasteiger partial charge in [-0.05, 0) is 30.3 Å². The highest BCUT2D eigenvalue weighted by atomic mass is 32.1. The molecule has 0 saturated heterocycles. The number of aromatic nitrogens is 1. The van der Waals surface area contributed by atoms with Crippen molar-refractivity contribution in [2.75, 3.05) is 18.2 Å². The van der Waals surface area contributed by atoms with Gasteiger partial charge in [0.25, 0.3) is 5.91 Å². The second kappa shape index (κ2) is 5.41. The van der Waals surface area contributed by atoms with Gasteiger partial charge in [-0.3, -0.25) is 4.79 Å². The molecule has 0 unspecified atom stereocenters. The fourth-order valence-corrected chi connectivity index (χ4v) is 2.72. The highest BCUT2D eigenvalue weighted by molar-refractivity contribution is 7.16. The second-order valence-corrected chi connectivity index (χ2v) is 5.33. The molecule has 0 saturated carbocycles. The van der Waals surface area contributed by atoms with Crippen LogP contribution >= 0.6 is 11.3 Å². The Hall–Kier alpha value is -2.60. The van der Waals surface area contributed by atoms with Crippen molar-refractivity contribution in [2.45, 2.75) is 0 Å². The monoisotopic (exact) mass is 299 g/mol. The molecule has 1 heterocycles. The minimum absolute atomic E-state index is 0.251. The van der Waals surface area contributed by atoms with Crippen LogP contribution in [0.2, 0.25) is 0 Å². The molecular formula is C15H13N3O2S. The summed E-state index contributed by atoms with van der Waals surface area (Å²) in [6.45, 7) is 0. The van der Waals surface area contributed by atoms with Crippen molar-refractivity contribution in [2.24, 2.45) is 0 Å². The number of carbonyl (C=O) groups excluding carboxylic acids is 1. The predicted molar refractivity (Wildman–Crippen MR) is 85.0 cm³/mol. The molecule has 6 heteroatoms. The molecule has 3 N–H and O–H groups in total. The molecule has 2 aromatic carbocycles. The number of methoxy groups -OCH3 is 1. The van der Waals surface area contributed by atoms with Crippen molar-refractivity contribution in [3.05, 3.63) is 47.5 Å². The van der Waals surface area contributed by atoms with Crippen LogP contribution in [0.25, 0.3) is 10.2 Å². The number of amides is 1. The van der Waals surface area contributed by atoms with Gasteiger partial charge in [0, 0.05) is 17.4 Å². The van der Waals surface area contributed by atoms with Crippen LogP contribution in [0.4, 0.5) is 11.4 Å². The lowest BCUT2D eigenvalue weighted by atomic mass is 10.1. The van der Waals surface area contributed by atoms with Crippen LogP contribution in [-0.4, -0.2) is 18.0 Å². The van der Waals surface area contributed by atoms with Crippen LogP contribution in [-0.2, 0) is 0 Å². The lowest BCUT2D eigenvalue weighted by Gasteiger charge is -2.09. The van der Waals surface area contributed by atoms with Gasteiger partial charge in [-0.15, -0.1) is 11.3 Å². The van der Waals surface area contributed by atoms with Crippen molar-refractivity contribution in [3.8, 4) is 5.75 Å². The molecule has 0 radical (unpaired) electrons. The van der Waals surface area contributed by atoms with E-state index in [9.17, 15) is 4.79 Å². The number of anilines is 2. The van der Waals surface area contributed by atoms with E-state index in [1.54, 1.807) is 30.8 Å². The van der Waals surface area contributed by atoms with E-state index in [4.69, 9.17) is 10.5 Å². The summed E-state index contributed by atoms with van der Waals surface area (Å²) in [5.74, 6) is 0.370. The predicted octanol–water partition coefficient (Wildman–Crippen LogP) is 3.14. The molecule has 1 amide bonds. The molecule has 0 spiro atoms. The number of thiazole rings is 1. The van der Waals surface area contributed by atoms with Gasteiger partial charge in [0.2, 0.25) is 0 Å². The number of nitrogens with zero attached hydrogens (tertiary/aromatic N) is 1. The van der Waals surface area contributed by atoms with E-state index >= 15 is 0 Å². The van der Waals surface area contributed by atoms with Crippen LogP contribution in [0.5, 0.6) is 5.75 Å². The Labute approximate surface area is 125 Å². The second-order valence-electron chi connectivity index (χ2n) is 4.44. The zero-order valence-corrected chi connectivity index (χ0v) is 12.1. The number of fused-ring (bicyclic) bond motifs is 1. The Morgan fingerprint density at radius 2 is 2.14 bits per heavy atom. The maximum absolute atomic E-state index is 12.3. The van der Waals surface area contributed by atoms with Gasteiger partial charge in [0.15, 0.2) is 0 Å². The van der Waals surface area contributed by atoms with Gasteiger partial charge in [0.1, 0.15) is 5.75 Å². The smallest absolute Gasteiger partial charge is 0.257 e. The Balaban J connectivity index is 1.85. The average Bonchev–Trinajstić information content (AvgIpc) is 2.94. The zero-order valence-electron chi connectivity index (χ0n) is 11.3. The Morgan fingerprint density at radius 1 is 1.29 bits per heavy atom. The molecule has 106 valence electrons. The first-order chi connectivity index (χ1) is 10.2. The van der Waals surface area contributed by atoms with Crippen molar-refractivity contribution in [3.63, 3.8) is 0 Å². The number of nitrogens with one attached hydrogen (secondary N) is 1. The third kappa shape index (κ3) is 2.66. The van der Waals surface area contributed by atoms with E-state index in [0.717, 1.165) is 10.2 Å². The van der Waals surface area contributed by atoms with Crippen molar-refractivity contribution < 1.29 is 9.53 Å². The first-order valence-corrected chi connectivity index (χ1v) is 7.13. The summed E-state index contributed by atoms with van der Waals surface area (Å²) in [6, 6.07) is 10.6. The van der Waals surface area contributed by atoms with Crippen molar-refractivity contribution in [1.29, 1.82) is 0 Å². The maximum atomic E-state index is 12.3. The molecule has 0 fully saturated rings. The molecule has 21 heavy (non-hydrogen) atoms. The standard InChI is InChI=1S/C15H13N3O2S/c1-20-10-3-4-11(12(16)7-10)15(19)18-9-2-5-13-14(6-9)21-8-17-13/h2-8H,16H2,1H3,(H,18,19). The van der Waals surface area contributed by atoms with Crippen LogP contribution in [0.3, 0.4) is 0 Å². The zero-order chi connectivity index (χ0) is 14.8. The van der Waals surface area contributed by atoms with Crippen LogP contribution in [0, 0.1) is 0 Å². The largest absolute Gasteiger partial charge is 0.497 e. The number of rotatable bonds is 3. The highest BCUT2D eigenvalue weighted by Gasteiger charge is 2.11. The van der Waals surface area contributed by atoms with E-state index in [0.29, 0.717) is 22.7 Å². The normalized spacial score (nSPS) is 10.5. The van der Waals surface area contributed by atoms with E-state index < -0.39 is 0 Å². The summed E-state index contributed by atoms with van der Waals surface area (Å²) in [6.07, 6.45) is 0. The van der Waals surface area contributed by atoms with Gasteiger partial charge >= 0.3 is 0 Å². The number of hydrogen-bond donors (Lipinski definition) is 2. The lowest BCUT2D eigenvalue weighted by molar-refractivity contribution is 0.102. The highest BCUT2D eigenvalue weighted by Crippen LogP contribution is 2.24. The Bertz CT molecular complexity index is 814. The molecular weight excluding hydrogens is 286 g/mol. The lowest BCUT2D eigenvalue weighted by Crippen LogP contribution is -2.14. The number of ether oxygens (including phenoxy) is 1. The fourth-order valence-electron chi connectivity index (χ4n) is 2.01. The number of nitrogens with two attached hydrogens (primary N) is 1. The van der Waals surface area contributed by atoms with Crippen LogP contribution in [0.15, 0.2) is 41.9 Å². The van der Waals surface area contributed by atoms with Gasteiger partial charge in [0.05, 0.1) is 28.4 Å². The van der Waals surface area contributed by atoms with Gasteiger partial charge < -0.3 is 15.8 Å². The molecule has 3 aromatic rings. The fraction of sp³-hybridized carbons (Fsp3) is 0.0667. The van der Waals surface area contributed by atoms with E-state index in [1.807, 2.05) is 18.2 Å². The maximum Gasteiger partial charge on any atom is 0.257 e. The molecule has 0 atom stereocenters. The minimum atomic E-state index is -0.251. The first-order valence-electron chi connectivity index (χ1n) is 6.25. The summed E-state index contributed by atoms with van der Waals surface area (Å²) >= 11 is 1.53. The minimum Gasteiger partial charge on any atom is -0.497 e. The number of nitrogen functional groups attached to an aromatic ring is 1. The summed E-state index contributed by atoms with van der Waals surface area (Å²) in [4.78, 5) is 16.5. The molecule has 0 aliphatic heterocycles. The van der Waals surface area contributed by atoms with E-state index in [2.05, 4.69) is 10.3 Å². The third-order valence-corrected chi connectivity index (χ3v) is 3.88. The first kappa shape index (κ1) is 13.4. The van der Waals surface area contributed by atoms with Crippen LogP contribution in [0.1, 0.15) is 10.4 Å². The summed E-state index contributed by atoms with van der Waals surface area (Å²) < 4.78 is 6.09. The number of benzene rings is 2. The molecule has 3 rings (SSSR count). The SMILES string of the molecule is COc1ccc(C(=O)Nc2ccc3ncsc3c2)c(N)c1. The van der Waals surface area contributed by atoms with Gasteiger partial charge in [-0.2, -0.15) is 0 Å². The quantitative estimate of drug-likeness (QED) is 0.728. The molecule has 0 bridgehead atoms. The van der Waals surface area contributed by atoms with Crippen molar-refractivity contribution >= 4 is 38.8 Å². The number of hydrogen-bond acceptors (Lipinski definition) is 5. The van der Waals surface area contributed by atoms with Gasteiger partial charge in [-0.25, -0.2) is 4.98 Å². The third-order valence-electron chi connectivity index (χ3n) is 3.09. The summed E-state index contributed by atoms with van der Waals surface area (Å²) in [7, 11) is 1.55. The molecule has 0 aliphatic rings. The van der Waals surface area contributed by atoms with Crippen LogP contribution < -0.4 is 15.8 Å². The Morgan fingerprint density at radius 3 is 2.90 bits per heavy atom.